The van der Waals surface area contributed by atoms with Crippen LogP contribution in [0.5, 0.6) is 0 Å². The largest absolute Gasteiger partial charge is 0.268 e. The van der Waals surface area contributed by atoms with Gasteiger partial charge in [-0.2, -0.15) is 5.10 Å². The lowest BCUT2D eigenvalue weighted by atomic mass is 10.3. The first kappa shape index (κ1) is 8.19. The molecule has 0 atom stereocenters. The van der Waals surface area contributed by atoms with E-state index in [0.717, 1.165) is 10.6 Å². The molecular formula is C9H8N2OS. The Morgan fingerprint density at radius 1 is 1.31 bits per heavy atom. The summed E-state index contributed by atoms with van der Waals surface area (Å²) in [4.78, 5) is 13.1. The second kappa shape index (κ2) is 3.14. The van der Waals surface area contributed by atoms with Crippen LogP contribution in [0.15, 0.2) is 29.1 Å². The third-order valence-electron chi connectivity index (χ3n) is 1.67. The highest BCUT2D eigenvalue weighted by molar-refractivity contribution is 7.15. The van der Waals surface area contributed by atoms with E-state index in [1.165, 1.54) is 10.9 Å². The van der Waals surface area contributed by atoms with Crippen molar-refractivity contribution in [2.24, 2.45) is 0 Å². The summed E-state index contributed by atoms with van der Waals surface area (Å²) in [6, 6.07) is 7.24. The molecule has 13 heavy (non-hydrogen) atoms. The second-order valence-corrected chi connectivity index (χ2v) is 4.00. The number of H-pyrrole nitrogens is 1. The van der Waals surface area contributed by atoms with Crippen molar-refractivity contribution in [1.82, 2.24) is 10.2 Å². The lowest BCUT2D eigenvalue weighted by Crippen LogP contribution is -2.04. The third-order valence-corrected chi connectivity index (χ3v) is 2.70. The van der Waals surface area contributed by atoms with E-state index in [0.29, 0.717) is 0 Å². The van der Waals surface area contributed by atoms with Crippen molar-refractivity contribution in [3.8, 4) is 10.6 Å². The van der Waals surface area contributed by atoms with E-state index < -0.39 is 0 Å². The van der Waals surface area contributed by atoms with Gasteiger partial charge in [0.2, 0.25) is 0 Å². The Bertz CT molecular complexity index is 452. The number of hydrogen-bond donors (Lipinski definition) is 1. The molecule has 0 spiro atoms. The second-order valence-electron chi connectivity index (χ2n) is 2.72. The summed E-state index contributed by atoms with van der Waals surface area (Å²) in [5.74, 6) is 0. The molecule has 2 aromatic heterocycles. The highest BCUT2D eigenvalue weighted by Crippen LogP contribution is 2.24. The minimum atomic E-state index is -0.169. The maximum absolute atomic E-state index is 10.7. The standard InChI is InChI=1S/C9H8N2OS/c1-6-2-4-8(13-6)7-3-5-9(12)11-10-7/h2-5H,1H3,(H,11,12). The van der Waals surface area contributed by atoms with Gasteiger partial charge in [-0.1, -0.05) is 0 Å². The Labute approximate surface area is 79.1 Å². The van der Waals surface area contributed by atoms with Gasteiger partial charge in [-0.05, 0) is 25.1 Å². The molecule has 2 rings (SSSR count). The monoisotopic (exact) mass is 192 g/mol. The predicted octanol–water partition coefficient (Wildman–Crippen LogP) is 1.81. The lowest BCUT2D eigenvalue weighted by molar-refractivity contribution is 0.998. The maximum atomic E-state index is 10.7. The Kier molecular flexibility index (Phi) is 1.98. The first-order valence-electron chi connectivity index (χ1n) is 3.88. The predicted molar refractivity (Wildman–Crippen MR) is 52.9 cm³/mol. The smallest absolute Gasteiger partial charge is 0.264 e. The fourth-order valence-electron chi connectivity index (χ4n) is 1.05. The van der Waals surface area contributed by atoms with Crippen LogP contribution in [-0.4, -0.2) is 10.2 Å². The van der Waals surface area contributed by atoms with Crippen molar-refractivity contribution in [3.63, 3.8) is 0 Å². The number of hydrogen-bond acceptors (Lipinski definition) is 3. The SMILES string of the molecule is Cc1ccc(-c2ccc(=O)[nH]n2)s1. The zero-order chi connectivity index (χ0) is 9.26. The van der Waals surface area contributed by atoms with Crippen molar-refractivity contribution in [3.05, 3.63) is 39.5 Å². The van der Waals surface area contributed by atoms with E-state index in [2.05, 4.69) is 10.2 Å². The lowest BCUT2D eigenvalue weighted by Gasteiger charge is -1.92. The number of aromatic amines is 1. The summed E-state index contributed by atoms with van der Waals surface area (Å²) in [6.07, 6.45) is 0. The van der Waals surface area contributed by atoms with Crippen molar-refractivity contribution >= 4 is 11.3 Å². The highest BCUT2D eigenvalue weighted by Gasteiger charge is 2.00. The topological polar surface area (TPSA) is 45.8 Å². The molecule has 0 unspecified atom stereocenters. The highest BCUT2D eigenvalue weighted by atomic mass is 32.1. The zero-order valence-electron chi connectivity index (χ0n) is 7.07. The van der Waals surface area contributed by atoms with Gasteiger partial charge in [-0.3, -0.25) is 4.79 Å². The van der Waals surface area contributed by atoms with Crippen LogP contribution in [0.25, 0.3) is 10.6 Å². The molecular weight excluding hydrogens is 184 g/mol. The Balaban J connectivity index is 2.47. The average Bonchev–Trinajstić information content (AvgIpc) is 2.53. The molecule has 2 heterocycles. The summed E-state index contributed by atoms with van der Waals surface area (Å²) in [7, 11) is 0. The van der Waals surface area contributed by atoms with Crippen LogP contribution in [0, 0.1) is 6.92 Å². The molecule has 0 saturated carbocycles. The van der Waals surface area contributed by atoms with Crippen molar-refractivity contribution in [1.29, 1.82) is 0 Å². The van der Waals surface area contributed by atoms with Crippen LogP contribution >= 0.6 is 11.3 Å². The maximum Gasteiger partial charge on any atom is 0.264 e. The molecule has 2 aromatic rings. The molecule has 0 amide bonds. The number of rotatable bonds is 1. The van der Waals surface area contributed by atoms with E-state index in [9.17, 15) is 4.79 Å². The van der Waals surface area contributed by atoms with Crippen LogP contribution in [0.4, 0.5) is 0 Å². The minimum absolute atomic E-state index is 0.169. The first-order valence-corrected chi connectivity index (χ1v) is 4.70. The van der Waals surface area contributed by atoms with Gasteiger partial charge >= 0.3 is 0 Å². The van der Waals surface area contributed by atoms with Gasteiger partial charge in [0, 0.05) is 10.9 Å². The average molecular weight is 192 g/mol. The quantitative estimate of drug-likeness (QED) is 0.749. The van der Waals surface area contributed by atoms with Gasteiger partial charge in [-0.15, -0.1) is 11.3 Å². The summed E-state index contributed by atoms with van der Waals surface area (Å²) in [5.41, 5.74) is 0.648. The Morgan fingerprint density at radius 3 is 2.69 bits per heavy atom. The normalized spacial score (nSPS) is 10.2. The molecule has 0 fully saturated rings. The number of nitrogens with zero attached hydrogens (tertiary/aromatic N) is 1. The molecule has 0 bridgehead atoms. The van der Waals surface area contributed by atoms with Gasteiger partial charge in [0.15, 0.2) is 0 Å². The molecule has 0 saturated heterocycles. The summed E-state index contributed by atoms with van der Waals surface area (Å²) < 4.78 is 0. The number of nitrogens with one attached hydrogen (secondary N) is 1. The van der Waals surface area contributed by atoms with Gasteiger partial charge in [0.1, 0.15) is 5.69 Å². The van der Waals surface area contributed by atoms with Crippen molar-refractivity contribution in [2.45, 2.75) is 6.92 Å². The fourth-order valence-corrected chi connectivity index (χ4v) is 1.89. The fraction of sp³-hybridized carbons (Fsp3) is 0.111. The number of aryl methyl sites for hydroxylation is 1. The molecule has 66 valence electrons. The number of thiophene rings is 1. The zero-order valence-corrected chi connectivity index (χ0v) is 7.89. The van der Waals surface area contributed by atoms with E-state index in [1.807, 2.05) is 19.1 Å². The minimum Gasteiger partial charge on any atom is -0.268 e. The van der Waals surface area contributed by atoms with Gasteiger partial charge in [-0.25, -0.2) is 5.10 Å². The van der Waals surface area contributed by atoms with Crippen LogP contribution in [0.1, 0.15) is 4.88 Å². The van der Waals surface area contributed by atoms with Crippen molar-refractivity contribution < 1.29 is 0 Å². The molecule has 0 aliphatic carbocycles. The Morgan fingerprint density at radius 2 is 2.15 bits per heavy atom. The Hall–Kier alpha value is -1.42. The van der Waals surface area contributed by atoms with Gasteiger partial charge in [0.25, 0.3) is 5.56 Å². The van der Waals surface area contributed by atoms with E-state index in [1.54, 1.807) is 17.4 Å². The molecule has 0 aromatic carbocycles. The first-order chi connectivity index (χ1) is 6.25. The molecule has 3 nitrogen and oxygen atoms in total. The molecule has 4 heteroatoms. The van der Waals surface area contributed by atoms with E-state index >= 15 is 0 Å². The van der Waals surface area contributed by atoms with Crippen LogP contribution in [0.3, 0.4) is 0 Å². The van der Waals surface area contributed by atoms with Crippen LogP contribution in [-0.2, 0) is 0 Å². The van der Waals surface area contributed by atoms with Crippen molar-refractivity contribution in [2.75, 3.05) is 0 Å². The van der Waals surface area contributed by atoms with Crippen LogP contribution in [0.2, 0.25) is 0 Å². The summed E-state index contributed by atoms with van der Waals surface area (Å²) >= 11 is 1.66. The third kappa shape index (κ3) is 1.67. The van der Waals surface area contributed by atoms with Gasteiger partial charge < -0.3 is 0 Å². The van der Waals surface area contributed by atoms with E-state index in [4.69, 9.17) is 0 Å². The number of aromatic nitrogens is 2. The molecule has 0 radical (unpaired) electrons. The summed E-state index contributed by atoms with van der Waals surface area (Å²) in [6.45, 7) is 2.04. The van der Waals surface area contributed by atoms with E-state index in [-0.39, 0.29) is 5.56 Å². The summed E-state index contributed by atoms with van der Waals surface area (Å²) in [5, 5.41) is 6.34. The molecule has 1 N–H and O–H groups in total. The molecule has 0 aliphatic rings. The molecule has 0 aliphatic heterocycles. The van der Waals surface area contributed by atoms with Gasteiger partial charge in [0.05, 0.1) is 4.88 Å². The van der Waals surface area contributed by atoms with Crippen LogP contribution < -0.4 is 5.56 Å².